The van der Waals surface area contributed by atoms with Gasteiger partial charge in [0.1, 0.15) is 0 Å². The predicted molar refractivity (Wildman–Crippen MR) is 120 cm³/mol. The third-order valence-corrected chi connectivity index (χ3v) is 15.5. The Labute approximate surface area is 165 Å². The van der Waals surface area contributed by atoms with Gasteiger partial charge in [-0.2, -0.15) is 0 Å². The van der Waals surface area contributed by atoms with Gasteiger partial charge in [0.05, 0.1) is 18.8 Å². The molecule has 3 atom stereocenters. The molecule has 1 N–H and O–H groups in total. The smallest absolute Gasteiger partial charge is 0.192 e. The molecule has 0 saturated carbocycles. The molecule has 0 amide bonds. The van der Waals surface area contributed by atoms with Gasteiger partial charge in [0.2, 0.25) is 0 Å². The summed E-state index contributed by atoms with van der Waals surface area (Å²) in [5.41, 5.74) is 0. The molecule has 5 heteroatoms. The fourth-order valence-electron chi connectivity index (χ4n) is 2.06. The summed E-state index contributed by atoms with van der Waals surface area (Å²) in [6.45, 7) is 29.1. The van der Waals surface area contributed by atoms with Gasteiger partial charge in [0.15, 0.2) is 16.6 Å². The highest BCUT2D eigenvalue weighted by Crippen LogP contribution is 2.39. The maximum Gasteiger partial charge on any atom is 0.192 e. The van der Waals surface area contributed by atoms with Crippen molar-refractivity contribution >= 4 is 16.6 Å². The van der Waals surface area contributed by atoms with Gasteiger partial charge in [-0.25, -0.2) is 0 Å². The largest absolute Gasteiger partial charge is 0.414 e. The average Bonchev–Trinajstić information content (AvgIpc) is 2.46. The van der Waals surface area contributed by atoms with Crippen LogP contribution in [0, 0.1) is 5.92 Å². The molecule has 0 rings (SSSR count). The van der Waals surface area contributed by atoms with E-state index in [1.165, 1.54) is 0 Å². The van der Waals surface area contributed by atoms with Crippen LogP contribution >= 0.6 is 0 Å². The van der Waals surface area contributed by atoms with Crippen LogP contribution in [0.25, 0.3) is 0 Å². The lowest BCUT2D eigenvalue weighted by molar-refractivity contribution is 0.0690. The molecule has 0 heterocycles. The van der Waals surface area contributed by atoms with Crippen molar-refractivity contribution in [3.8, 4) is 0 Å². The summed E-state index contributed by atoms with van der Waals surface area (Å²) in [6, 6.07) is 0. The third-order valence-electron chi connectivity index (χ3n) is 6.47. The number of hydrogen-bond donors (Lipinski definition) is 1. The summed E-state index contributed by atoms with van der Waals surface area (Å²) < 4.78 is 13.1. The lowest BCUT2D eigenvalue weighted by Crippen LogP contribution is -2.48. The van der Waals surface area contributed by atoms with Crippen molar-refractivity contribution in [2.24, 2.45) is 5.92 Å². The molecule has 26 heavy (non-hydrogen) atoms. The lowest BCUT2D eigenvalue weighted by atomic mass is 9.99. The maximum atomic E-state index is 10.3. The van der Waals surface area contributed by atoms with Crippen LogP contribution < -0.4 is 0 Å². The first kappa shape index (κ1) is 26.1. The number of aliphatic hydroxyl groups is 1. The summed E-state index contributed by atoms with van der Waals surface area (Å²) in [7, 11) is -3.70. The molecule has 0 aliphatic rings. The van der Waals surface area contributed by atoms with Crippen molar-refractivity contribution in [2.45, 2.75) is 110 Å². The molecule has 0 aliphatic carbocycles. The molecule has 0 spiro atoms. The van der Waals surface area contributed by atoms with Crippen LogP contribution in [0.1, 0.15) is 61.3 Å². The fraction of sp³-hybridized carbons (Fsp3) is 0.905. The van der Waals surface area contributed by atoms with Crippen molar-refractivity contribution in [3.63, 3.8) is 0 Å². The van der Waals surface area contributed by atoms with Crippen molar-refractivity contribution in [1.29, 1.82) is 0 Å². The molecule has 0 bridgehead atoms. The van der Waals surface area contributed by atoms with Crippen LogP contribution in [-0.4, -0.2) is 40.6 Å². The normalized spacial score (nSPS) is 17.7. The standard InChI is InChI=1S/C21H46O3Si2/c1-13-17(2)19(22)15-14-18(24-26(11,12)21(6,7)8)16-23-25(9,10)20(3,4)5/h13,17-19,22H,1,14-16H2,2-12H3/t17-,18-,19-/m0/s1. The minimum Gasteiger partial charge on any atom is -0.414 e. The summed E-state index contributed by atoms with van der Waals surface area (Å²) in [5.74, 6) is 0.102. The second kappa shape index (κ2) is 9.50. The summed E-state index contributed by atoms with van der Waals surface area (Å²) in [6.07, 6.45) is 3.02. The van der Waals surface area contributed by atoms with Crippen molar-refractivity contribution in [3.05, 3.63) is 12.7 Å². The number of aliphatic hydroxyl groups excluding tert-OH is 1. The van der Waals surface area contributed by atoms with Crippen LogP contribution in [0.3, 0.4) is 0 Å². The highest BCUT2D eigenvalue weighted by atomic mass is 28.4. The van der Waals surface area contributed by atoms with Crippen LogP contribution in [0.15, 0.2) is 12.7 Å². The Morgan fingerprint density at radius 3 is 1.77 bits per heavy atom. The predicted octanol–water partition coefficient (Wildman–Crippen LogP) is 6.36. The van der Waals surface area contributed by atoms with Gasteiger partial charge in [0, 0.05) is 0 Å². The first-order valence-electron chi connectivity index (χ1n) is 10.1. The molecule has 3 nitrogen and oxygen atoms in total. The van der Waals surface area contributed by atoms with Gasteiger partial charge in [-0.05, 0) is 55.0 Å². The molecule has 0 unspecified atom stereocenters. The van der Waals surface area contributed by atoms with Gasteiger partial charge in [-0.15, -0.1) is 6.58 Å². The van der Waals surface area contributed by atoms with Gasteiger partial charge in [-0.1, -0.05) is 54.5 Å². The Kier molecular flexibility index (Phi) is 9.52. The van der Waals surface area contributed by atoms with Crippen LogP contribution in [-0.2, 0) is 8.85 Å². The van der Waals surface area contributed by atoms with E-state index in [1.807, 2.05) is 13.0 Å². The van der Waals surface area contributed by atoms with E-state index in [4.69, 9.17) is 8.85 Å². The number of hydrogen-bond acceptors (Lipinski definition) is 3. The molecular weight excluding hydrogens is 356 g/mol. The SMILES string of the molecule is C=C[C@H](C)[C@@H](O)CC[C@@H](CO[Si](C)(C)C(C)(C)C)O[Si](C)(C)C(C)(C)C. The first-order chi connectivity index (χ1) is 11.4. The summed E-state index contributed by atoms with van der Waals surface area (Å²) >= 11 is 0. The van der Waals surface area contributed by atoms with E-state index >= 15 is 0 Å². The minimum absolute atomic E-state index is 0.0386. The monoisotopic (exact) mass is 402 g/mol. The van der Waals surface area contributed by atoms with Gasteiger partial charge in [0.25, 0.3) is 0 Å². The Morgan fingerprint density at radius 2 is 1.38 bits per heavy atom. The zero-order chi connectivity index (χ0) is 21.0. The quantitative estimate of drug-likeness (QED) is 0.341. The molecule has 0 saturated heterocycles. The molecule has 0 radical (unpaired) electrons. The summed E-state index contributed by atoms with van der Waals surface area (Å²) in [4.78, 5) is 0. The fourth-order valence-corrected chi connectivity index (χ4v) is 4.47. The Hall–Kier alpha value is 0.0538. The number of rotatable bonds is 10. The molecule has 0 aromatic rings. The van der Waals surface area contributed by atoms with E-state index < -0.39 is 16.6 Å². The van der Waals surface area contributed by atoms with Crippen molar-refractivity contribution in [2.75, 3.05) is 6.61 Å². The average molecular weight is 403 g/mol. The maximum absolute atomic E-state index is 10.3. The molecular formula is C21H46O3Si2. The zero-order valence-corrected chi connectivity index (χ0v) is 21.4. The first-order valence-corrected chi connectivity index (χ1v) is 15.9. The minimum atomic E-state index is -1.88. The van der Waals surface area contributed by atoms with E-state index in [0.717, 1.165) is 6.42 Å². The second-order valence-corrected chi connectivity index (χ2v) is 20.4. The van der Waals surface area contributed by atoms with E-state index in [0.29, 0.717) is 13.0 Å². The molecule has 156 valence electrons. The Balaban J connectivity index is 5.14. The molecule has 0 fully saturated rings. The lowest BCUT2D eigenvalue weighted by Gasteiger charge is -2.42. The zero-order valence-electron chi connectivity index (χ0n) is 19.4. The Morgan fingerprint density at radius 1 is 0.923 bits per heavy atom. The van der Waals surface area contributed by atoms with Gasteiger partial charge in [-0.3, -0.25) is 0 Å². The molecule has 0 aromatic carbocycles. The third kappa shape index (κ3) is 7.97. The summed E-state index contributed by atoms with van der Waals surface area (Å²) in [5, 5.41) is 10.7. The van der Waals surface area contributed by atoms with Crippen LogP contribution in [0.4, 0.5) is 0 Å². The topological polar surface area (TPSA) is 38.7 Å². The van der Waals surface area contributed by atoms with Crippen LogP contribution in [0.2, 0.25) is 36.3 Å². The van der Waals surface area contributed by atoms with E-state index in [1.54, 1.807) is 0 Å². The van der Waals surface area contributed by atoms with E-state index in [-0.39, 0.29) is 28.2 Å². The molecule has 0 aliphatic heterocycles. The highest BCUT2D eigenvalue weighted by molar-refractivity contribution is 6.74. The molecule has 0 aromatic heterocycles. The van der Waals surface area contributed by atoms with Gasteiger partial charge >= 0.3 is 0 Å². The van der Waals surface area contributed by atoms with Crippen molar-refractivity contribution < 1.29 is 14.0 Å². The van der Waals surface area contributed by atoms with Gasteiger partial charge < -0.3 is 14.0 Å². The van der Waals surface area contributed by atoms with Crippen LogP contribution in [0.5, 0.6) is 0 Å². The van der Waals surface area contributed by atoms with Crippen molar-refractivity contribution in [1.82, 2.24) is 0 Å². The van der Waals surface area contributed by atoms with E-state index in [9.17, 15) is 5.11 Å². The second-order valence-electron chi connectivity index (χ2n) is 10.8. The highest BCUT2D eigenvalue weighted by Gasteiger charge is 2.41. The Bertz CT molecular complexity index is 434. The van der Waals surface area contributed by atoms with E-state index in [2.05, 4.69) is 74.3 Å².